The molecule has 0 aliphatic carbocycles. The smallest absolute Gasteiger partial charge is 0.194 e. The normalized spacial score (nSPS) is 10.1. The van der Waals surface area contributed by atoms with Gasteiger partial charge in [-0.25, -0.2) is 0 Å². The van der Waals surface area contributed by atoms with Gasteiger partial charge >= 0.3 is 0 Å². The van der Waals surface area contributed by atoms with Crippen LogP contribution in [0.25, 0.3) is 0 Å². The summed E-state index contributed by atoms with van der Waals surface area (Å²) < 4.78 is 16.2. The monoisotopic (exact) mass is 350 g/mol. The fraction of sp³-hybridized carbons (Fsp3) is 0.188. The standard InChI is InChI=1S/C16H15BrO4/c1-19-11-6-4-10(5-7-11)16(18)12-8-14(20-2)15(21-3)9-13(12)17/h4-9H,1-3H3. The van der Waals surface area contributed by atoms with Gasteiger partial charge in [-0.15, -0.1) is 0 Å². The van der Waals surface area contributed by atoms with Gasteiger partial charge in [0.25, 0.3) is 0 Å². The largest absolute Gasteiger partial charge is 0.497 e. The lowest BCUT2D eigenvalue weighted by Gasteiger charge is -2.11. The molecule has 2 aromatic rings. The van der Waals surface area contributed by atoms with E-state index in [1.807, 2.05) is 0 Å². The predicted molar refractivity (Wildman–Crippen MR) is 83.7 cm³/mol. The van der Waals surface area contributed by atoms with Gasteiger partial charge in [0, 0.05) is 15.6 Å². The molecule has 0 atom stereocenters. The highest BCUT2D eigenvalue weighted by atomic mass is 79.9. The summed E-state index contributed by atoms with van der Waals surface area (Å²) in [6, 6.07) is 10.3. The zero-order valence-electron chi connectivity index (χ0n) is 12.0. The van der Waals surface area contributed by atoms with Crippen molar-refractivity contribution >= 4 is 21.7 Å². The van der Waals surface area contributed by atoms with Crippen LogP contribution in [0.3, 0.4) is 0 Å². The molecule has 0 N–H and O–H groups in total. The molecule has 110 valence electrons. The molecule has 0 fully saturated rings. The number of hydrogen-bond acceptors (Lipinski definition) is 4. The summed E-state index contributed by atoms with van der Waals surface area (Å²) in [6.45, 7) is 0. The first-order valence-electron chi connectivity index (χ1n) is 6.21. The third kappa shape index (κ3) is 3.19. The van der Waals surface area contributed by atoms with E-state index < -0.39 is 0 Å². The summed E-state index contributed by atoms with van der Waals surface area (Å²) in [7, 11) is 4.67. The van der Waals surface area contributed by atoms with Crippen LogP contribution in [0.4, 0.5) is 0 Å². The Morgan fingerprint density at radius 1 is 0.905 bits per heavy atom. The highest BCUT2D eigenvalue weighted by Gasteiger charge is 2.17. The molecule has 0 aliphatic heterocycles. The zero-order chi connectivity index (χ0) is 15.4. The molecule has 0 saturated carbocycles. The molecule has 0 unspecified atom stereocenters. The second-order valence-electron chi connectivity index (χ2n) is 4.24. The van der Waals surface area contributed by atoms with Crippen molar-refractivity contribution in [1.82, 2.24) is 0 Å². The first-order valence-corrected chi connectivity index (χ1v) is 7.00. The van der Waals surface area contributed by atoms with Crippen LogP contribution in [-0.4, -0.2) is 27.1 Å². The highest BCUT2D eigenvalue weighted by molar-refractivity contribution is 9.10. The van der Waals surface area contributed by atoms with Crippen LogP contribution >= 0.6 is 15.9 Å². The summed E-state index contributed by atoms with van der Waals surface area (Å²) in [6.07, 6.45) is 0. The quantitative estimate of drug-likeness (QED) is 0.771. The van der Waals surface area contributed by atoms with Crippen LogP contribution in [0.2, 0.25) is 0 Å². The Morgan fingerprint density at radius 2 is 1.48 bits per heavy atom. The second-order valence-corrected chi connectivity index (χ2v) is 5.10. The van der Waals surface area contributed by atoms with E-state index in [2.05, 4.69) is 15.9 Å². The number of carbonyl (C=O) groups excluding carboxylic acids is 1. The fourth-order valence-corrected chi connectivity index (χ4v) is 2.43. The number of carbonyl (C=O) groups is 1. The molecule has 0 aliphatic rings. The third-order valence-corrected chi connectivity index (χ3v) is 3.73. The molecular weight excluding hydrogens is 336 g/mol. The van der Waals surface area contributed by atoms with E-state index in [9.17, 15) is 4.79 Å². The molecule has 0 spiro atoms. The Balaban J connectivity index is 2.42. The van der Waals surface area contributed by atoms with Gasteiger partial charge in [-0.1, -0.05) is 0 Å². The number of benzene rings is 2. The van der Waals surface area contributed by atoms with E-state index in [4.69, 9.17) is 14.2 Å². The van der Waals surface area contributed by atoms with Crippen molar-refractivity contribution in [3.63, 3.8) is 0 Å². The van der Waals surface area contributed by atoms with Crippen molar-refractivity contribution in [1.29, 1.82) is 0 Å². The van der Waals surface area contributed by atoms with Crippen molar-refractivity contribution in [3.05, 3.63) is 52.0 Å². The Hall–Kier alpha value is -2.01. The third-order valence-electron chi connectivity index (χ3n) is 3.07. The molecule has 0 heterocycles. The predicted octanol–water partition coefficient (Wildman–Crippen LogP) is 3.71. The summed E-state index contributed by atoms with van der Waals surface area (Å²) in [4.78, 5) is 12.6. The van der Waals surface area contributed by atoms with Gasteiger partial charge in [0.1, 0.15) is 5.75 Å². The molecule has 0 amide bonds. The van der Waals surface area contributed by atoms with Gasteiger partial charge < -0.3 is 14.2 Å². The first kappa shape index (κ1) is 15.4. The minimum atomic E-state index is -0.106. The van der Waals surface area contributed by atoms with E-state index in [0.717, 1.165) is 0 Å². The summed E-state index contributed by atoms with van der Waals surface area (Å²) in [5.74, 6) is 1.68. The lowest BCUT2D eigenvalue weighted by Crippen LogP contribution is -2.04. The van der Waals surface area contributed by atoms with Crippen molar-refractivity contribution in [2.24, 2.45) is 0 Å². The van der Waals surface area contributed by atoms with E-state index in [1.54, 1.807) is 50.6 Å². The lowest BCUT2D eigenvalue weighted by atomic mass is 10.0. The van der Waals surface area contributed by atoms with Gasteiger partial charge in [0.05, 0.1) is 21.3 Å². The lowest BCUT2D eigenvalue weighted by molar-refractivity contribution is 0.103. The van der Waals surface area contributed by atoms with E-state index in [1.165, 1.54) is 7.11 Å². The fourth-order valence-electron chi connectivity index (χ4n) is 1.93. The number of methoxy groups -OCH3 is 3. The van der Waals surface area contributed by atoms with Gasteiger partial charge in [-0.2, -0.15) is 0 Å². The SMILES string of the molecule is COc1ccc(C(=O)c2cc(OC)c(OC)cc2Br)cc1. The molecule has 2 rings (SSSR count). The first-order chi connectivity index (χ1) is 10.1. The van der Waals surface area contributed by atoms with E-state index >= 15 is 0 Å². The molecule has 0 radical (unpaired) electrons. The maximum absolute atomic E-state index is 12.6. The Bertz CT molecular complexity index is 650. The maximum Gasteiger partial charge on any atom is 0.194 e. The van der Waals surface area contributed by atoms with Gasteiger partial charge in [-0.05, 0) is 52.3 Å². The van der Waals surface area contributed by atoms with E-state index in [-0.39, 0.29) is 5.78 Å². The molecule has 5 heteroatoms. The van der Waals surface area contributed by atoms with Crippen molar-refractivity contribution in [3.8, 4) is 17.2 Å². The van der Waals surface area contributed by atoms with Crippen LogP contribution in [-0.2, 0) is 0 Å². The van der Waals surface area contributed by atoms with Gasteiger partial charge in [-0.3, -0.25) is 4.79 Å². The summed E-state index contributed by atoms with van der Waals surface area (Å²) in [5.41, 5.74) is 1.08. The number of hydrogen-bond donors (Lipinski definition) is 0. The van der Waals surface area contributed by atoms with Gasteiger partial charge in [0.15, 0.2) is 17.3 Å². The minimum absolute atomic E-state index is 0.106. The van der Waals surface area contributed by atoms with Crippen LogP contribution in [0.15, 0.2) is 40.9 Å². The molecule has 2 aromatic carbocycles. The average molecular weight is 351 g/mol. The molecule has 21 heavy (non-hydrogen) atoms. The van der Waals surface area contributed by atoms with Crippen molar-refractivity contribution < 1.29 is 19.0 Å². The van der Waals surface area contributed by atoms with Crippen molar-refractivity contribution in [2.75, 3.05) is 21.3 Å². The number of halogens is 1. The Kier molecular flexibility index (Phi) is 4.85. The van der Waals surface area contributed by atoms with Crippen LogP contribution in [0.1, 0.15) is 15.9 Å². The van der Waals surface area contributed by atoms with E-state index in [0.29, 0.717) is 32.8 Å². The topological polar surface area (TPSA) is 44.8 Å². The number of ketones is 1. The Labute approximate surface area is 131 Å². The summed E-state index contributed by atoms with van der Waals surface area (Å²) in [5, 5.41) is 0. The second kappa shape index (κ2) is 6.63. The van der Waals surface area contributed by atoms with Gasteiger partial charge in [0.2, 0.25) is 0 Å². The van der Waals surface area contributed by atoms with Crippen LogP contribution < -0.4 is 14.2 Å². The average Bonchev–Trinajstić information content (AvgIpc) is 2.54. The molecule has 4 nitrogen and oxygen atoms in total. The summed E-state index contributed by atoms with van der Waals surface area (Å²) >= 11 is 3.40. The highest BCUT2D eigenvalue weighted by Crippen LogP contribution is 2.34. The van der Waals surface area contributed by atoms with Crippen LogP contribution in [0, 0.1) is 0 Å². The maximum atomic E-state index is 12.6. The molecule has 0 aromatic heterocycles. The molecule has 0 saturated heterocycles. The zero-order valence-corrected chi connectivity index (χ0v) is 13.6. The molecule has 0 bridgehead atoms. The molecular formula is C16H15BrO4. The number of ether oxygens (including phenoxy) is 3. The Morgan fingerprint density at radius 3 is 2.00 bits per heavy atom. The van der Waals surface area contributed by atoms with Crippen molar-refractivity contribution in [2.45, 2.75) is 0 Å². The van der Waals surface area contributed by atoms with Crippen LogP contribution in [0.5, 0.6) is 17.2 Å². The minimum Gasteiger partial charge on any atom is -0.497 e. The number of rotatable bonds is 5.